The molecule has 1 aliphatic carbocycles. The molecule has 1 nitrogen and oxygen atoms in total. The summed E-state index contributed by atoms with van der Waals surface area (Å²) in [6, 6.07) is 12.3. The molecule has 19 heavy (non-hydrogen) atoms. The zero-order chi connectivity index (χ0) is 13.5. The SMILES string of the molecule is CCC(Cc1ccccc1)NC1CCCC(C)CC1. The molecule has 1 saturated carbocycles. The standard InChI is InChI=1S/C18H29N/c1-3-17(14-16-9-5-4-6-10-16)19-18-11-7-8-15(2)12-13-18/h4-6,9-10,15,17-19H,3,7-8,11-14H2,1-2H3. The molecule has 0 saturated heterocycles. The molecule has 0 amide bonds. The van der Waals surface area contributed by atoms with Gasteiger partial charge in [0.15, 0.2) is 0 Å². The van der Waals surface area contributed by atoms with Gasteiger partial charge in [0.2, 0.25) is 0 Å². The molecule has 3 unspecified atom stereocenters. The van der Waals surface area contributed by atoms with Gasteiger partial charge in [-0.2, -0.15) is 0 Å². The fraction of sp³-hybridized carbons (Fsp3) is 0.667. The highest BCUT2D eigenvalue weighted by Crippen LogP contribution is 2.23. The van der Waals surface area contributed by atoms with Crippen molar-refractivity contribution in [3.8, 4) is 0 Å². The van der Waals surface area contributed by atoms with Crippen LogP contribution in [0.25, 0.3) is 0 Å². The molecular weight excluding hydrogens is 230 g/mol. The minimum absolute atomic E-state index is 0.640. The molecule has 106 valence electrons. The Morgan fingerprint density at radius 2 is 1.89 bits per heavy atom. The minimum atomic E-state index is 0.640. The molecule has 0 aromatic heterocycles. The molecule has 0 spiro atoms. The molecule has 0 aliphatic heterocycles. The van der Waals surface area contributed by atoms with E-state index >= 15 is 0 Å². The first-order valence-electron chi connectivity index (χ1n) is 8.08. The predicted octanol–water partition coefficient (Wildman–Crippen LogP) is 4.57. The maximum absolute atomic E-state index is 3.91. The van der Waals surface area contributed by atoms with Crippen molar-refractivity contribution in [3.05, 3.63) is 35.9 Å². The van der Waals surface area contributed by atoms with E-state index in [0.717, 1.165) is 12.0 Å². The molecule has 1 aromatic carbocycles. The summed E-state index contributed by atoms with van der Waals surface area (Å²) in [6.07, 6.45) is 9.36. The first-order chi connectivity index (χ1) is 9.28. The summed E-state index contributed by atoms with van der Waals surface area (Å²) < 4.78 is 0. The number of rotatable bonds is 5. The molecule has 1 N–H and O–H groups in total. The lowest BCUT2D eigenvalue weighted by atomic mass is 10.0. The first-order valence-corrected chi connectivity index (χ1v) is 8.08. The van der Waals surface area contributed by atoms with E-state index in [1.54, 1.807) is 0 Å². The zero-order valence-electron chi connectivity index (χ0n) is 12.6. The zero-order valence-corrected chi connectivity index (χ0v) is 12.6. The second kappa shape index (κ2) is 7.69. The third-order valence-corrected chi connectivity index (χ3v) is 4.55. The highest BCUT2D eigenvalue weighted by Gasteiger charge is 2.18. The van der Waals surface area contributed by atoms with Crippen LogP contribution in [0.15, 0.2) is 30.3 Å². The van der Waals surface area contributed by atoms with E-state index in [-0.39, 0.29) is 0 Å². The number of hydrogen-bond acceptors (Lipinski definition) is 1. The predicted molar refractivity (Wildman–Crippen MR) is 83.4 cm³/mol. The number of benzene rings is 1. The Morgan fingerprint density at radius 1 is 1.11 bits per heavy atom. The third kappa shape index (κ3) is 4.99. The van der Waals surface area contributed by atoms with Gasteiger partial charge in [0, 0.05) is 12.1 Å². The van der Waals surface area contributed by atoms with Crippen molar-refractivity contribution in [2.45, 2.75) is 70.9 Å². The van der Waals surface area contributed by atoms with E-state index in [4.69, 9.17) is 0 Å². The van der Waals surface area contributed by atoms with Gasteiger partial charge in [-0.05, 0) is 43.6 Å². The lowest BCUT2D eigenvalue weighted by molar-refractivity contribution is 0.379. The van der Waals surface area contributed by atoms with Crippen molar-refractivity contribution in [2.24, 2.45) is 5.92 Å². The van der Waals surface area contributed by atoms with Crippen molar-refractivity contribution in [3.63, 3.8) is 0 Å². The molecule has 2 rings (SSSR count). The average molecular weight is 259 g/mol. The summed E-state index contributed by atoms with van der Waals surface area (Å²) in [5.41, 5.74) is 1.46. The van der Waals surface area contributed by atoms with Crippen molar-refractivity contribution in [1.29, 1.82) is 0 Å². The normalized spacial score (nSPS) is 25.8. The van der Waals surface area contributed by atoms with Crippen LogP contribution in [0.5, 0.6) is 0 Å². The molecule has 3 atom stereocenters. The molecule has 1 aromatic rings. The molecule has 0 heterocycles. The lowest BCUT2D eigenvalue weighted by Gasteiger charge is -2.24. The van der Waals surface area contributed by atoms with Gasteiger partial charge >= 0.3 is 0 Å². The highest BCUT2D eigenvalue weighted by molar-refractivity contribution is 5.15. The van der Waals surface area contributed by atoms with E-state index in [9.17, 15) is 0 Å². The molecule has 1 heteroatoms. The van der Waals surface area contributed by atoms with Gasteiger partial charge in [-0.15, -0.1) is 0 Å². The monoisotopic (exact) mass is 259 g/mol. The van der Waals surface area contributed by atoms with E-state index in [1.807, 2.05) is 0 Å². The van der Waals surface area contributed by atoms with Gasteiger partial charge in [-0.25, -0.2) is 0 Å². The van der Waals surface area contributed by atoms with Crippen LogP contribution in [0.3, 0.4) is 0 Å². The van der Waals surface area contributed by atoms with Gasteiger partial charge < -0.3 is 5.32 Å². The van der Waals surface area contributed by atoms with Crippen LogP contribution in [-0.2, 0) is 6.42 Å². The largest absolute Gasteiger partial charge is 0.311 e. The van der Waals surface area contributed by atoms with Crippen molar-refractivity contribution >= 4 is 0 Å². The van der Waals surface area contributed by atoms with Crippen LogP contribution in [0.4, 0.5) is 0 Å². The van der Waals surface area contributed by atoms with Gasteiger partial charge in [-0.1, -0.05) is 57.0 Å². The lowest BCUT2D eigenvalue weighted by Crippen LogP contribution is -2.39. The van der Waals surface area contributed by atoms with Crippen LogP contribution in [0, 0.1) is 5.92 Å². The Labute approximate surface area is 118 Å². The van der Waals surface area contributed by atoms with Gasteiger partial charge in [0.05, 0.1) is 0 Å². The minimum Gasteiger partial charge on any atom is -0.311 e. The summed E-state index contributed by atoms with van der Waals surface area (Å²) in [4.78, 5) is 0. The maximum Gasteiger partial charge on any atom is 0.0107 e. The Morgan fingerprint density at radius 3 is 2.63 bits per heavy atom. The van der Waals surface area contributed by atoms with Gasteiger partial charge in [0.25, 0.3) is 0 Å². The van der Waals surface area contributed by atoms with Gasteiger partial charge in [-0.3, -0.25) is 0 Å². The average Bonchev–Trinajstić information content (AvgIpc) is 2.64. The van der Waals surface area contributed by atoms with Crippen LogP contribution in [-0.4, -0.2) is 12.1 Å². The van der Waals surface area contributed by atoms with Crippen molar-refractivity contribution in [2.75, 3.05) is 0 Å². The molecule has 1 fully saturated rings. The Hall–Kier alpha value is -0.820. The summed E-state index contributed by atoms with van der Waals surface area (Å²) in [7, 11) is 0. The first kappa shape index (κ1) is 14.6. The van der Waals surface area contributed by atoms with Gasteiger partial charge in [0.1, 0.15) is 0 Å². The Kier molecular flexibility index (Phi) is 5.91. The Bertz CT molecular complexity index is 346. The smallest absolute Gasteiger partial charge is 0.0107 e. The maximum atomic E-state index is 3.91. The van der Waals surface area contributed by atoms with Crippen LogP contribution < -0.4 is 5.32 Å². The second-order valence-electron chi connectivity index (χ2n) is 6.27. The Balaban J connectivity index is 1.84. The van der Waals surface area contributed by atoms with E-state index in [2.05, 4.69) is 49.5 Å². The molecule has 1 aliphatic rings. The summed E-state index contributed by atoms with van der Waals surface area (Å²) >= 11 is 0. The quantitative estimate of drug-likeness (QED) is 0.764. The van der Waals surface area contributed by atoms with Crippen LogP contribution >= 0.6 is 0 Å². The summed E-state index contributed by atoms with van der Waals surface area (Å²) in [5, 5.41) is 3.91. The molecule has 0 radical (unpaired) electrons. The summed E-state index contributed by atoms with van der Waals surface area (Å²) in [6.45, 7) is 4.71. The highest BCUT2D eigenvalue weighted by atomic mass is 14.9. The van der Waals surface area contributed by atoms with E-state index in [0.29, 0.717) is 6.04 Å². The number of nitrogens with one attached hydrogen (secondary N) is 1. The number of hydrogen-bond donors (Lipinski definition) is 1. The van der Waals surface area contributed by atoms with Crippen molar-refractivity contribution in [1.82, 2.24) is 5.32 Å². The second-order valence-corrected chi connectivity index (χ2v) is 6.27. The fourth-order valence-corrected chi connectivity index (χ4v) is 3.21. The third-order valence-electron chi connectivity index (χ3n) is 4.55. The van der Waals surface area contributed by atoms with Crippen LogP contribution in [0.1, 0.15) is 57.9 Å². The van der Waals surface area contributed by atoms with Crippen molar-refractivity contribution < 1.29 is 0 Å². The van der Waals surface area contributed by atoms with Crippen LogP contribution in [0.2, 0.25) is 0 Å². The topological polar surface area (TPSA) is 12.0 Å². The molecule has 0 bridgehead atoms. The molecular formula is C18H29N. The van der Waals surface area contributed by atoms with E-state index < -0.39 is 0 Å². The van der Waals surface area contributed by atoms with E-state index in [1.165, 1.54) is 50.5 Å². The fourth-order valence-electron chi connectivity index (χ4n) is 3.21. The summed E-state index contributed by atoms with van der Waals surface area (Å²) in [5.74, 6) is 0.931.